The molecule has 1 heterocycles. The fourth-order valence-corrected chi connectivity index (χ4v) is 2.58. The van der Waals surface area contributed by atoms with E-state index in [0.717, 1.165) is 44.8 Å². The van der Waals surface area contributed by atoms with Crippen LogP contribution in [0.3, 0.4) is 0 Å². The number of hydrogen-bond acceptors (Lipinski definition) is 3. The fourth-order valence-electron chi connectivity index (χ4n) is 2.58. The average molecular weight is 275 g/mol. The number of carbonyl (C=O) groups is 1. The van der Waals surface area contributed by atoms with Crippen molar-refractivity contribution >= 4 is 11.6 Å². The Hall–Kier alpha value is -1.39. The van der Waals surface area contributed by atoms with Crippen LogP contribution < -0.4 is 10.6 Å². The molecular formula is C16H25N3O. The van der Waals surface area contributed by atoms with Gasteiger partial charge < -0.3 is 10.6 Å². The molecule has 0 bridgehead atoms. The Morgan fingerprint density at radius 3 is 2.75 bits per heavy atom. The van der Waals surface area contributed by atoms with Gasteiger partial charge in [-0.1, -0.05) is 32.0 Å². The maximum atomic E-state index is 12.2. The molecular weight excluding hydrogens is 250 g/mol. The SMILES string of the molecule is CCN(CC)Cc1ccccc1NC(=O)C1CCNC1. The van der Waals surface area contributed by atoms with E-state index in [1.807, 2.05) is 18.2 Å². The summed E-state index contributed by atoms with van der Waals surface area (Å²) < 4.78 is 0. The van der Waals surface area contributed by atoms with Crippen LogP contribution in [-0.2, 0) is 11.3 Å². The van der Waals surface area contributed by atoms with E-state index in [2.05, 4.69) is 35.4 Å². The molecule has 0 saturated carbocycles. The second kappa shape index (κ2) is 7.41. The number of hydrogen-bond donors (Lipinski definition) is 2. The van der Waals surface area contributed by atoms with Gasteiger partial charge in [0.2, 0.25) is 5.91 Å². The van der Waals surface area contributed by atoms with Crippen molar-refractivity contribution in [2.24, 2.45) is 5.92 Å². The van der Waals surface area contributed by atoms with Crippen molar-refractivity contribution in [1.82, 2.24) is 10.2 Å². The first-order valence-corrected chi connectivity index (χ1v) is 7.56. The highest BCUT2D eigenvalue weighted by Crippen LogP contribution is 2.19. The lowest BCUT2D eigenvalue weighted by Gasteiger charge is -2.20. The first-order chi connectivity index (χ1) is 9.74. The average Bonchev–Trinajstić information content (AvgIpc) is 3.00. The molecule has 110 valence electrons. The van der Waals surface area contributed by atoms with Crippen LogP contribution in [0.15, 0.2) is 24.3 Å². The summed E-state index contributed by atoms with van der Waals surface area (Å²) in [5.41, 5.74) is 2.15. The molecule has 1 fully saturated rings. The van der Waals surface area contributed by atoms with Crippen molar-refractivity contribution < 1.29 is 4.79 Å². The smallest absolute Gasteiger partial charge is 0.228 e. The molecule has 1 aromatic carbocycles. The van der Waals surface area contributed by atoms with Crippen LogP contribution in [0.2, 0.25) is 0 Å². The van der Waals surface area contributed by atoms with E-state index in [4.69, 9.17) is 0 Å². The van der Waals surface area contributed by atoms with Crippen molar-refractivity contribution in [3.63, 3.8) is 0 Å². The van der Waals surface area contributed by atoms with Gasteiger partial charge in [0.25, 0.3) is 0 Å². The molecule has 1 atom stereocenters. The lowest BCUT2D eigenvalue weighted by molar-refractivity contribution is -0.119. The maximum Gasteiger partial charge on any atom is 0.228 e. The van der Waals surface area contributed by atoms with Gasteiger partial charge >= 0.3 is 0 Å². The van der Waals surface area contributed by atoms with Gasteiger partial charge in [-0.05, 0) is 37.7 Å². The predicted octanol–water partition coefficient (Wildman–Crippen LogP) is 2.08. The van der Waals surface area contributed by atoms with Crippen LogP contribution in [0.4, 0.5) is 5.69 Å². The van der Waals surface area contributed by atoms with Gasteiger partial charge in [-0.2, -0.15) is 0 Å². The van der Waals surface area contributed by atoms with Crippen molar-refractivity contribution in [3.05, 3.63) is 29.8 Å². The Morgan fingerprint density at radius 2 is 2.10 bits per heavy atom. The number of rotatable bonds is 6. The molecule has 1 saturated heterocycles. The third-order valence-electron chi connectivity index (χ3n) is 3.99. The number of benzene rings is 1. The first-order valence-electron chi connectivity index (χ1n) is 7.56. The van der Waals surface area contributed by atoms with Gasteiger partial charge in [0, 0.05) is 18.8 Å². The topological polar surface area (TPSA) is 44.4 Å². The molecule has 0 aromatic heterocycles. The number of carbonyl (C=O) groups excluding carboxylic acids is 1. The largest absolute Gasteiger partial charge is 0.326 e. The summed E-state index contributed by atoms with van der Waals surface area (Å²) in [6.07, 6.45) is 0.935. The number of amides is 1. The minimum absolute atomic E-state index is 0.108. The van der Waals surface area contributed by atoms with Gasteiger partial charge in [-0.3, -0.25) is 9.69 Å². The van der Waals surface area contributed by atoms with Crippen molar-refractivity contribution in [2.75, 3.05) is 31.5 Å². The Kier molecular flexibility index (Phi) is 5.56. The molecule has 1 aromatic rings. The predicted molar refractivity (Wildman–Crippen MR) is 82.7 cm³/mol. The summed E-state index contributed by atoms with van der Waals surface area (Å²) in [4.78, 5) is 14.6. The number of nitrogens with one attached hydrogen (secondary N) is 2. The molecule has 2 N–H and O–H groups in total. The highest BCUT2D eigenvalue weighted by Gasteiger charge is 2.22. The highest BCUT2D eigenvalue weighted by molar-refractivity contribution is 5.93. The summed E-state index contributed by atoms with van der Waals surface area (Å²) in [5, 5.41) is 6.34. The minimum Gasteiger partial charge on any atom is -0.326 e. The Bertz CT molecular complexity index is 437. The summed E-state index contributed by atoms with van der Waals surface area (Å²) in [5.74, 6) is 0.249. The zero-order valence-corrected chi connectivity index (χ0v) is 12.5. The molecule has 1 aliphatic rings. The van der Waals surface area contributed by atoms with E-state index in [1.165, 1.54) is 5.56 Å². The zero-order chi connectivity index (χ0) is 14.4. The van der Waals surface area contributed by atoms with Crippen LogP contribution >= 0.6 is 0 Å². The van der Waals surface area contributed by atoms with Crippen LogP contribution in [0.25, 0.3) is 0 Å². The van der Waals surface area contributed by atoms with Crippen LogP contribution in [-0.4, -0.2) is 37.0 Å². The van der Waals surface area contributed by atoms with E-state index >= 15 is 0 Å². The summed E-state index contributed by atoms with van der Waals surface area (Å²) in [6.45, 7) is 8.98. The molecule has 4 nitrogen and oxygen atoms in total. The van der Waals surface area contributed by atoms with Gasteiger partial charge in [-0.15, -0.1) is 0 Å². The van der Waals surface area contributed by atoms with Gasteiger partial charge in [-0.25, -0.2) is 0 Å². The number of anilines is 1. The summed E-state index contributed by atoms with van der Waals surface area (Å²) >= 11 is 0. The Labute approximate surface area is 121 Å². The molecule has 0 radical (unpaired) electrons. The standard InChI is InChI=1S/C16H25N3O/c1-3-19(4-2)12-14-7-5-6-8-15(14)18-16(20)13-9-10-17-11-13/h5-8,13,17H,3-4,9-12H2,1-2H3,(H,18,20). The quantitative estimate of drug-likeness (QED) is 0.835. The third-order valence-corrected chi connectivity index (χ3v) is 3.99. The van der Waals surface area contributed by atoms with Crippen molar-refractivity contribution in [3.8, 4) is 0 Å². The summed E-state index contributed by atoms with van der Waals surface area (Å²) in [7, 11) is 0. The summed E-state index contributed by atoms with van der Waals surface area (Å²) in [6, 6.07) is 8.11. The third kappa shape index (κ3) is 3.81. The molecule has 1 amide bonds. The zero-order valence-electron chi connectivity index (χ0n) is 12.5. The number of para-hydroxylation sites is 1. The number of nitrogens with zero attached hydrogens (tertiary/aromatic N) is 1. The van der Waals surface area contributed by atoms with E-state index in [-0.39, 0.29) is 11.8 Å². The molecule has 1 aliphatic heterocycles. The van der Waals surface area contributed by atoms with E-state index in [1.54, 1.807) is 0 Å². The van der Waals surface area contributed by atoms with Crippen LogP contribution in [0, 0.1) is 5.92 Å². The Balaban J connectivity index is 2.05. The highest BCUT2D eigenvalue weighted by atomic mass is 16.1. The maximum absolute atomic E-state index is 12.2. The van der Waals surface area contributed by atoms with Crippen molar-refractivity contribution in [1.29, 1.82) is 0 Å². The second-order valence-corrected chi connectivity index (χ2v) is 5.30. The van der Waals surface area contributed by atoms with E-state index in [0.29, 0.717) is 0 Å². The monoisotopic (exact) mass is 275 g/mol. The van der Waals surface area contributed by atoms with Crippen LogP contribution in [0.1, 0.15) is 25.8 Å². The molecule has 0 spiro atoms. The van der Waals surface area contributed by atoms with E-state index < -0.39 is 0 Å². The lowest BCUT2D eigenvalue weighted by atomic mass is 10.1. The fraction of sp³-hybridized carbons (Fsp3) is 0.562. The molecule has 0 aliphatic carbocycles. The molecule has 4 heteroatoms. The van der Waals surface area contributed by atoms with Crippen LogP contribution in [0.5, 0.6) is 0 Å². The van der Waals surface area contributed by atoms with Crippen molar-refractivity contribution in [2.45, 2.75) is 26.8 Å². The molecule has 2 rings (SSSR count). The normalized spacial score (nSPS) is 18.4. The van der Waals surface area contributed by atoms with E-state index in [9.17, 15) is 4.79 Å². The second-order valence-electron chi connectivity index (χ2n) is 5.30. The minimum atomic E-state index is 0.108. The first kappa shape index (κ1) is 15.0. The molecule has 1 unspecified atom stereocenters. The lowest BCUT2D eigenvalue weighted by Crippen LogP contribution is -2.26. The van der Waals surface area contributed by atoms with Gasteiger partial charge in [0.15, 0.2) is 0 Å². The molecule has 20 heavy (non-hydrogen) atoms. The Morgan fingerprint density at radius 1 is 1.35 bits per heavy atom. The van der Waals surface area contributed by atoms with Gasteiger partial charge in [0.05, 0.1) is 5.92 Å². The van der Waals surface area contributed by atoms with Gasteiger partial charge in [0.1, 0.15) is 0 Å².